The molecule has 0 amide bonds. The third kappa shape index (κ3) is 3.68. The molecule has 1 heterocycles. The lowest BCUT2D eigenvalue weighted by atomic mass is 10.1. The van der Waals surface area contributed by atoms with Gasteiger partial charge in [0, 0.05) is 54.7 Å². The van der Waals surface area contributed by atoms with E-state index < -0.39 is 9.84 Å². The summed E-state index contributed by atoms with van der Waals surface area (Å²) in [4.78, 5) is 5.11. The molecule has 3 aromatic carbocycles. The van der Waals surface area contributed by atoms with E-state index in [9.17, 15) is 8.42 Å². The van der Waals surface area contributed by atoms with Gasteiger partial charge in [-0.15, -0.1) is 0 Å². The molecule has 0 unspecified atom stereocenters. The van der Waals surface area contributed by atoms with Crippen molar-refractivity contribution in [2.75, 3.05) is 50.5 Å². The highest BCUT2D eigenvalue weighted by Crippen LogP contribution is 2.40. The Morgan fingerprint density at radius 1 is 0.931 bits per heavy atom. The number of benzene rings is 3. The van der Waals surface area contributed by atoms with E-state index in [0.29, 0.717) is 16.1 Å². The van der Waals surface area contributed by atoms with E-state index >= 15 is 0 Å². The molecule has 5 nitrogen and oxygen atoms in total. The fourth-order valence-electron chi connectivity index (χ4n) is 3.87. The van der Waals surface area contributed by atoms with Gasteiger partial charge in [0.15, 0.2) is 0 Å². The molecule has 0 bridgehead atoms. The Labute approximate surface area is 176 Å². The molecule has 1 fully saturated rings. The minimum absolute atomic E-state index is 0.194. The van der Waals surface area contributed by atoms with Crippen molar-refractivity contribution in [3.8, 4) is 0 Å². The van der Waals surface area contributed by atoms with Crippen molar-refractivity contribution < 1.29 is 8.42 Å². The van der Waals surface area contributed by atoms with Crippen LogP contribution in [0.25, 0.3) is 10.8 Å². The lowest BCUT2D eigenvalue weighted by Gasteiger charge is -2.35. The fourth-order valence-corrected chi connectivity index (χ4v) is 5.81. The van der Waals surface area contributed by atoms with Crippen LogP contribution in [0.5, 0.6) is 0 Å². The van der Waals surface area contributed by atoms with E-state index in [1.54, 1.807) is 25.2 Å². The van der Waals surface area contributed by atoms with E-state index in [1.807, 2.05) is 30.3 Å². The molecular formula is C22H24ClN3O2S. The van der Waals surface area contributed by atoms with Crippen LogP contribution >= 0.6 is 11.6 Å². The molecule has 29 heavy (non-hydrogen) atoms. The smallest absolute Gasteiger partial charge is 0.209 e. The van der Waals surface area contributed by atoms with E-state index in [2.05, 4.69) is 22.2 Å². The molecule has 0 aliphatic carbocycles. The van der Waals surface area contributed by atoms with E-state index in [0.717, 1.165) is 37.3 Å². The summed E-state index contributed by atoms with van der Waals surface area (Å²) in [5.41, 5.74) is 1.65. The average Bonchev–Trinajstić information content (AvgIpc) is 2.73. The second-order valence-corrected chi connectivity index (χ2v) is 9.64. The first-order valence-corrected chi connectivity index (χ1v) is 11.5. The van der Waals surface area contributed by atoms with Crippen molar-refractivity contribution in [3.05, 3.63) is 59.6 Å². The highest BCUT2D eigenvalue weighted by atomic mass is 35.5. The monoisotopic (exact) mass is 429 g/mol. The zero-order valence-corrected chi connectivity index (χ0v) is 18.1. The molecule has 0 aromatic heterocycles. The van der Waals surface area contributed by atoms with Gasteiger partial charge in [-0.3, -0.25) is 0 Å². The summed E-state index contributed by atoms with van der Waals surface area (Å²) in [6, 6.07) is 16.1. The second kappa shape index (κ2) is 7.86. The van der Waals surface area contributed by atoms with Gasteiger partial charge in [0.1, 0.15) is 4.90 Å². The first-order chi connectivity index (χ1) is 13.9. The quantitative estimate of drug-likeness (QED) is 0.676. The summed E-state index contributed by atoms with van der Waals surface area (Å²) in [5.74, 6) is 0. The fraction of sp³-hybridized carbons (Fsp3) is 0.273. The van der Waals surface area contributed by atoms with Crippen molar-refractivity contribution >= 4 is 43.6 Å². The summed E-state index contributed by atoms with van der Waals surface area (Å²) >= 11 is 6.08. The largest absolute Gasteiger partial charge is 0.387 e. The topological polar surface area (TPSA) is 52.6 Å². The highest BCUT2D eigenvalue weighted by Gasteiger charge is 2.27. The summed E-state index contributed by atoms with van der Waals surface area (Å²) in [7, 11) is 0.118. The normalized spacial score (nSPS) is 15.6. The molecule has 0 spiro atoms. The molecule has 0 radical (unpaired) electrons. The molecule has 1 aliphatic heterocycles. The number of likely N-dealkylation sites (N-methyl/N-ethyl adjacent to an activating group) is 1. The highest BCUT2D eigenvalue weighted by molar-refractivity contribution is 7.92. The molecule has 0 atom stereocenters. The van der Waals surface area contributed by atoms with Gasteiger partial charge in [0.25, 0.3) is 0 Å². The van der Waals surface area contributed by atoms with Crippen molar-refractivity contribution in [1.82, 2.24) is 4.90 Å². The second-order valence-electron chi connectivity index (χ2n) is 7.32. The van der Waals surface area contributed by atoms with Gasteiger partial charge in [-0.2, -0.15) is 0 Å². The minimum atomic E-state index is -3.76. The maximum Gasteiger partial charge on any atom is 0.209 e. The number of halogens is 1. The van der Waals surface area contributed by atoms with Crippen LogP contribution in [0.15, 0.2) is 64.4 Å². The molecule has 4 rings (SSSR count). The number of nitrogens with zero attached hydrogens (tertiary/aromatic N) is 2. The number of fused-ring (bicyclic) bond motifs is 1. The third-order valence-corrected chi connectivity index (χ3v) is 7.55. The zero-order chi connectivity index (χ0) is 20.6. The number of hydrogen-bond acceptors (Lipinski definition) is 5. The van der Waals surface area contributed by atoms with Gasteiger partial charge in [0.05, 0.1) is 10.6 Å². The molecule has 1 N–H and O–H groups in total. The van der Waals surface area contributed by atoms with Crippen LogP contribution in [0.1, 0.15) is 0 Å². The van der Waals surface area contributed by atoms with Crippen LogP contribution in [0.4, 0.5) is 11.4 Å². The first-order valence-electron chi connectivity index (χ1n) is 9.59. The van der Waals surface area contributed by atoms with Crippen molar-refractivity contribution in [2.45, 2.75) is 9.79 Å². The molecule has 3 aromatic rings. The van der Waals surface area contributed by atoms with Crippen LogP contribution in [0.2, 0.25) is 5.02 Å². The van der Waals surface area contributed by atoms with Crippen LogP contribution in [-0.4, -0.2) is 53.6 Å². The Balaban J connectivity index is 1.95. The Hall–Kier alpha value is -2.28. The predicted octanol–water partition coefficient (Wildman–Crippen LogP) is 4.12. The van der Waals surface area contributed by atoms with Gasteiger partial charge >= 0.3 is 0 Å². The van der Waals surface area contributed by atoms with Crippen LogP contribution < -0.4 is 10.2 Å². The van der Waals surface area contributed by atoms with Gasteiger partial charge < -0.3 is 15.1 Å². The minimum Gasteiger partial charge on any atom is -0.387 e. The Bertz CT molecular complexity index is 1160. The van der Waals surface area contributed by atoms with Gasteiger partial charge in [0.2, 0.25) is 9.84 Å². The van der Waals surface area contributed by atoms with Crippen molar-refractivity contribution in [3.63, 3.8) is 0 Å². The predicted molar refractivity (Wildman–Crippen MR) is 120 cm³/mol. The first kappa shape index (κ1) is 20.0. The lowest BCUT2D eigenvalue weighted by Crippen LogP contribution is -2.44. The van der Waals surface area contributed by atoms with Crippen LogP contribution in [-0.2, 0) is 9.84 Å². The summed E-state index contributed by atoms with van der Waals surface area (Å²) in [5, 5.41) is 5.17. The zero-order valence-electron chi connectivity index (χ0n) is 16.5. The van der Waals surface area contributed by atoms with Crippen molar-refractivity contribution in [2.24, 2.45) is 0 Å². The summed E-state index contributed by atoms with van der Waals surface area (Å²) in [6.07, 6.45) is 0. The number of hydrogen-bond donors (Lipinski definition) is 1. The molecule has 152 valence electrons. The van der Waals surface area contributed by atoms with E-state index in [-0.39, 0.29) is 9.79 Å². The summed E-state index contributed by atoms with van der Waals surface area (Å²) in [6.45, 7) is 3.77. The van der Waals surface area contributed by atoms with Crippen LogP contribution in [0, 0.1) is 0 Å². The summed E-state index contributed by atoms with van der Waals surface area (Å²) < 4.78 is 27.2. The Kier molecular flexibility index (Phi) is 5.42. The number of piperazine rings is 1. The molecule has 1 aliphatic rings. The van der Waals surface area contributed by atoms with Crippen molar-refractivity contribution in [1.29, 1.82) is 0 Å². The molecule has 0 saturated carbocycles. The average molecular weight is 430 g/mol. The lowest BCUT2D eigenvalue weighted by molar-refractivity contribution is 0.313. The molecule has 1 saturated heterocycles. The van der Waals surface area contributed by atoms with Gasteiger partial charge in [-0.1, -0.05) is 41.9 Å². The molecular weight excluding hydrogens is 406 g/mol. The molecule has 7 heteroatoms. The van der Waals surface area contributed by atoms with Gasteiger partial charge in [-0.25, -0.2) is 8.42 Å². The standard InChI is InChI=1S/C22H24ClN3O2S/c1-24-20-15-21(26-12-10-25(2)11-13-26)18-8-3-4-9-19(18)22(20)29(27,28)17-7-5-6-16(23)14-17/h3-9,14-15,24H,10-13H2,1-2H3. The van der Waals surface area contributed by atoms with Crippen LogP contribution in [0.3, 0.4) is 0 Å². The Morgan fingerprint density at radius 2 is 1.62 bits per heavy atom. The third-order valence-electron chi connectivity index (χ3n) is 5.46. The number of rotatable bonds is 4. The Morgan fingerprint density at radius 3 is 2.28 bits per heavy atom. The number of nitrogens with one attached hydrogen (secondary N) is 1. The number of sulfone groups is 1. The van der Waals surface area contributed by atoms with Gasteiger partial charge in [-0.05, 0) is 31.3 Å². The maximum absolute atomic E-state index is 13.6. The van der Waals surface area contributed by atoms with E-state index in [1.165, 1.54) is 6.07 Å². The SMILES string of the molecule is CNc1cc(N2CCN(C)CC2)c2ccccc2c1S(=O)(=O)c1cccc(Cl)c1. The maximum atomic E-state index is 13.6. The van der Waals surface area contributed by atoms with E-state index in [4.69, 9.17) is 11.6 Å². The number of anilines is 2.